The zero-order valence-corrected chi connectivity index (χ0v) is 11.0. The van der Waals surface area contributed by atoms with E-state index in [1.54, 1.807) is 0 Å². The zero-order chi connectivity index (χ0) is 14.4. The second kappa shape index (κ2) is 7.04. The lowest BCUT2D eigenvalue weighted by Gasteiger charge is -2.23. The van der Waals surface area contributed by atoms with Crippen LogP contribution in [0.3, 0.4) is 0 Å². The van der Waals surface area contributed by atoms with E-state index >= 15 is 0 Å². The van der Waals surface area contributed by atoms with Crippen molar-refractivity contribution in [2.24, 2.45) is 0 Å². The number of aliphatic hydroxyl groups is 1. The van der Waals surface area contributed by atoms with Crippen molar-refractivity contribution in [3.05, 3.63) is 35.1 Å². The van der Waals surface area contributed by atoms with Crippen LogP contribution in [0.4, 0.5) is 4.39 Å². The Hall–Kier alpha value is -1.90. The molecule has 2 rings (SSSR count). The second-order valence-corrected chi connectivity index (χ2v) is 4.54. The Kier molecular flexibility index (Phi) is 5.10. The van der Waals surface area contributed by atoms with Gasteiger partial charge in [0.2, 0.25) is 0 Å². The van der Waals surface area contributed by atoms with E-state index in [0.29, 0.717) is 18.8 Å². The summed E-state index contributed by atoms with van der Waals surface area (Å²) < 4.78 is 19.0. The molecule has 0 bridgehead atoms. The maximum absolute atomic E-state index is 13.7. The molecule has 0 spiro atoms. The number of ether oxygens (including phenoxy) is 1. The van der Waals surface area contributed by atoms with Crippen molar-refractivity contribution in [1.29, 1.82) is 0 Å². The quantitative estimate of drug-likeness (QED) is 0.795. The molecule has 0 saturated carbocycles. The molecule has 1 aromatic carbocycles. The number of hydrogen-bond acceptors (Lipinski definition) is 3. The summed E-state index contributed by atoms with van der Waals surface area (Å²) in [5.74, 6) is 4.06. The summed E-state index contributed by atoms with van der Waals surface area (Å²) in [7, 11) is 0. The minimum absolute atomic E-state index is 0.0414. The molecule has 2 N–H and O–H groups in total. The Morgan fingerprint density at radius 2 is 2.40 bits per heavy atom. The molecule has 20 heavy (non-hydrogen) atoms. The Morgan fingerprint density at radius 1 is 1.55 bits per heavy atom. The highest BCUT2D eigenvalue weighted by molar-refractivity contribution is 5.95. The fraction of sp³-hybridized carbons (Fsp3) is 0.400. The average Bonchev–Trinajstić information content (AvgIpc) is 2.47. The van der Waals surface area contributed by atoms with Gasteiger partial charge in [-0.1, -0.05) is 11.8 Å². The van der Waals surface area contributed by atoms with Gasteiger partial charge in [-0.3, -0.25) is 4.79 Å². The summed E-state index contributed by atoms with van der Waals surface area (Å²) in [6.07, 6.45) is 1.72. The molecule has 1 aliphatic heterocycles. The minimum Gasteiger partial charge on any atom is -0.384 e. The monoisotopic (exact) mass is 277 g/mol. The van der Waals surface area contributed by atoms with Crippen LogP contribution in [-0.2, 0) is 4.74 Å². The molecule has 1 unspecified atom stereocenters. The topological polar surface area (TPSA) is 58.6 Å². The summed E-state index contributed by atoms with van der Waals surface area (Å²) in [5, 5.41) is 11.4. The van der Waals surface area contributed by atoms with Crippen molar-refractivity contribution in [1.82, 2.24) is 5.32 Å². The van der Waals surface area contributed by atoms with E-state index in [1.807, 2.05) is 0 Å². The van der Waals surface area contributed by atoms with Gasteiger partial charge in [-0.25, -0.2) is 4.39 Å². The Morgan fingerprint density at radius 3 is 3.10 bits per heavy atom. The van der Waals surface area contributed by atoms with Crippen LogP contribution in [0.1, 0.15) is 28.8 Å². The zero-order valence-electron chi connectivity index (χ0n) is 11.0. The first-order valence-electron chi connectivity index (χ1n) is 6.48. The van der Waals surface area contributed by atoms with Crippen LogP contribution in [0.25, 0.3) is 0 Å². The molecule has 1 atom stereocenters. The smallest absolute Gasteiger partial charge is 0.254 e. The molecule has 1 amide bonds. The van der Waals surface area contributed by atoms with Gasteiger partial charge < -0.3 is 15.2 Å². The number of amides is 1. The van der Waals surface area contributed by atoms with E-state index in [0.717, 1.165) is 12.8 Å². The summed E-state index contributed by atoms with van der Waals surface area (Å²) >= 11 is 0. The first-order chi connectivity index (χ1) is 9.70. The van der Waals surface area contributed by atoms with Crippen molar-refractivity contribution >= 4 is 5.91 Å². The Labute approximate surface area is 116 Å². The van der Waals surface area contributed by atoms with Crippen molar-refractivity contribution in [2.45, 2.75) is 18.9 Å². The van der Waals surface area contributed by atoms with E-state index in [9.17, 15) is 9.18 Å². The number of nitrogens with one attached hydrogen (secondary N) is 1. The number of rotatable bonds is 2. The van der Waals surface area contributed by atoms with Gasteiger partial charge in [-0.15, -0.1) is 0 Å². The number of carbonyl (C=O) groups excluding carboxylic acids is 1. The second-order valence-electron chi connectivity index (χ2n) is 4.54. The van der Waals surface area contributed by atoms with Gasteiger partial charge in [-0.05, 0) is 31.0 Å². The first-order valence-corrected chi connectivity index (χ1v) is 6.48. The van der Waals surface area contributed by atoms with Crippen LogP contribution >= 0.6 is 0 Å². The van der Waals surface area contributed by atoms with E-state index in [2.05, 4.69) is 17.2 Å². The van der Waals surface area contributed by atoms with E-state index in [4.69, 9.17) is 9.84 Å². The molecular weight excluding hydrogens is 261 g/mol. The summed E-state index contributed by atoms with van der Waals surface area (Å²) in [6, 6.07) is 3.98. The molecule has 0 aliphatic carbocycles. The summed E-state index contributed by atoms with van der Waals surface area (Å²) in [6.45, 7) is 0.878. The molecule has 1 saturated heterocycles. The van der Waals surface area contributed by atoms with Crippen LogP contribution in [0.15, 0.2) is 18.2 Å². The van der Waals surface area contributed by atoms with Crippen LogP contribution in [0.2, 0.25) is 0 Å². The molecule has 0 aromatic heterocycles. The molecular formula is C15H16FNO3. The van der Waals surface area contributed by atoms with Crippen molar-refractivity contribution in [2.75, 3.05) is 19.8 Å². The van der Waals surface area contributed by atoms with Crippen molar-refractivity contribution in [3.8, 4) is 11.8 Å². The minimum atomic E-state index is -0.589. The van der Waals surface area contributed by atoms with Gasteiger partial charge in [0.25, 0.3) is 5.91 Å². The lowest BCUT2D eigenvalue weighted by molar-refractivity contribution is 0.0622. The molecule has 5 heteroatoms. The van der Waals surface area contributed by atoms with E-state index < -0.39 is 11.7 Å². The normalized spacial score (nSPS) is 18.0. The number of aliphatic hydroxyl groups excluding tert-OH is 1. The highest BCUT2D eigenvalue weighted by Crippen LogP contribution is 2.12. The van der Waals surface area contributed by atoms with Gasteiger partial charge in [0.15, 0.2) is 0 Å². The highest BCUT2D eigenvalue weighted by atomic mass is 19.1. The molecule has 1 aliphatic rings. The highest BCUT2D eigenvalue weighted by Gasteiger charge is 2.19. The van der Waals surface area contributed by atoms with Crippen LogP contribution < -0.4 is 5.32 Å². The third kappa shape index (κ3) is 3.80. The SMILES string of the molecule is O=C(NC1CCCOC1)c1cc(C#CCO)ccc1F. The number of carbonyl (C=O) groups is 1. The molecule has 4 nitrogen and oxygen atoms in total. The van der Waals surface area contributed by atoms with Crippen LogP contribution in [0.5, 0.6) is 0 Å². The predicted molar refractivity (Wildman–Crippen MR) is 71.7 cm³/mol. The lowest BCUT2D eigenvalue weighted by atomic mass is 10.1. The molecule has 106 valence electrons. The maximum atomic E-state index is 13.7. The standard InChI is InChI=1S/C15H16FNO3/c16-14-6-5-11(3-1-7-18)9-13(14)15(19)17-12-4-2-8-20-10-12/h5-6,9,12,18H,2,4,7-8,10H2,(H,17,19). The van der Waals surface area contributed by atoms with Crippen molar-refractivity contribution in [3.63, 3.8) is 0 Å². The fourth-order valence-corrected chi connectivity index (χ4v) is 2.04. The van der Waals surface area contributed by atoms with Gasteiger partial charge in [0.1, 0.15) is 12.4 Å². The predicted octanol–water partition coefficient (Wildman–Crippen LogP) is 1.08. The molecule has 1 heterocycles. The van der Waals surface area contributed by atoms with Crippen LogP contribution in [-0.4, -0.2) is 36.9 Å². The number of halogens is 1. The van der Waals surface area contributed by atoms with E-state index in [1.165, 1.54) is 18.2 Å². The average molecular weight is 277 g/mol. The maximum Gasteiger partial charge on any atom is 0.254 e. The van der Waals surface area contributed by atoms with Gasteiger partial charge in [0.05, 0.1) is 18.2 Å². The third-order valence-corrected chi connectivity index (χ3v) is 3.02. The number of benzene rings is 1. The lowest BCUT2D eigenvalue weighted by Crippen LogP contribution is -2.40. The summed E-state index contributed by atoms with van der Waals surface area (Å²) in [4.78, 5) is 12.1. The fourth-order valence-electron chi connectivity index (χ4n) is 2.04. The van der Waals surface area contributed by atoms with Gasteiger partial charge in [-0.2, -0.15) is 0 Å². The Bertz CT molecular complexity index is 542. The summed E-state index contributed by atoms with van der Waals surface area (Å²) in [5.41, 5.74) is 0.450. The largest absolute Gasteiger partial charge is 0.384 e. The van der Waals surface area contributed by atoms with E-state index in [-0.39, 0.29) is 18.2 Å². The first kappa shape index (κ1) is 14.5. The van der Waals surface area contributed by atoms with Gasteiger partial charge in [0, 0.05) is 12.2 Å². The number of hydrogen-bond donors (Lipinski definition) is 2. The third-order valence-electron chi connectivity index (χ3n) is 3.02. The molecule has 1 fully saturated rings. The molecule has 1 aromatic rings. The Balaban J connectivity index is 2.11. The molecule has 0 radical (unpaired) electrons. The van der Waals surface area contributed by atoms with Crippen LogP contribution in [0, 0.1) is 17.7 Å². The van der Waals surface area contributed by atoms with Crippen molar-refractivity contribution < 1.29 is 19.0 Å². The van der Waals surface area contributed by atoms with Gasteiger partial charge >= 0.3 is 0 Å².